The van der Waals surface area contributed by atoms with Gasteiger partial charge in [-0.25, -0.2) is 0 Å². The number of methoxy groups -OCH3 is 2. The maximum Gasteiger partial charge on any atom is 0.118 e. The molecule has 2 aromatic carbocycles. The first-order chi connectivity index (χ1) is 14.4. The zero-order chi connectivity index (χ0) is 21.9. The zero-order valence-corrected chi connectivity index (χ0v) is 19.1. The summed E-state index contributed by atoms with van der Waals surface area (Å²) in [5.74, 6) is 1.67. The van der Waals surface area contributed by atoms with Crippen molar-refractivity contribution in [1.82, 2.24) is 9.80 Å². The van der Waals surface area contributed by atoms with Crippen LogP contribution in [0.2, 0.25) is 0 Å². The van der Waals surface area contributed by atoms with E-state index in [4.69, 9.17) is 19.7 Å². The van der Waals surface area contributed by atoms with Gasteiger partial charge in [0.2, 0.25) is 0 Å². The van der Waals surface area contributed by atoms with Crippen LogP contribution in [0.3, 0.4) is 0 Å². The number of hydrogen-bond donors (Lipinski definition) is 0. The number of ether oxygens (including phenoxy) is 2. The summed E-state index contributed by atoms with van der Waals surface area (Å²) in [6.07, 6.45) is 1.62. The van der Waals surface area contributed by atoms with Gasteiger partial charge in [0.1, 0.15) is 11.5 Å². The summed E-state index contributed by atoms with van der Waals surface area (Å²) >= 11 is 0. The minimum absolute atomic E-state index is 0.812. The monoisotopic (exact) mass is 410 g/mol. The fourth-order valence-corrected chi connectivity index (χ4v) is 2.85. The van der Waals surface area contributed by atoms with Crippen LogP contribution in [0, 0.1) is 0 Å². The molecule has 0 amide bonds. The van der Waals surface area contributed by atoms with E-state index in [0.717, 1.165) is 60.0 Å². The fourth-order valence-electron chi connectivity index (χ4n) is 2.85. The van der Waals surface area contributed by atoms with Crippen molar-refractivity contribution in [2.75, 3.05) is 55.5 Å². The van der Waals surface area contributed by atoms with E-state index in [1.807, 2.05) is 48.5 Å². The molecule has 30 heavy (non-hydrogen) atoms. The third kappa shape index (κ3) is 7.61. The Kier molecular flexibility index (Phi) is 9.51. The Morgan fingerprint density at radius 3 is 1.23 bits per heavy atom. The highest BCUT2D eigenvalue weighted by Crippen LogP contribution is 2.16. The molecule has 0 aliphatic rings. The molecule has 0 spiro atoms. The summed E-state index contributed by atoms with van der Waals surface area (Å²) in [6, 6.07) is 16.0. The van der Waals surface area contributed by atoms with Crippen LogP contribution in [0.4, 0.5) is 0 Å². The van der Waals surface area contributed by atoms with Gasteiger partial charge in [-0.1, -0.05) is 0 Å². The molecule has 0 fully saturated rings. The number of benzene rings is 2. The Bertz CT molecular complexity index is 754. The van der Waals surface area contributed by atoms with Crippen LogP contribution in [0.25, 0.3) is 0 Å². The molecule has 0 saturated carbocycles. The van der Waals surface area contributed by atoms with E-state index in [0.29, 0.717) is 0 Å². The van der Waals surface area contributed by atoms with Crippen LogP contribution in [0.15, 0.2) is 58.7 Å². The maximum atomic E-state index is 5.29. The van der Waals surface area contributed by atoms with Gasteiger partial charge < -0.3 is 19.3 Å². The Morgan fingerprint density at radius 1 is 0.633 bits per heavy atom. The lowest BCUT2D eigenvalue weighted by molar-refractivity contribution is 0.414. The summed E-state index contributed by atoms with van der Waals surface area (Å²) in [5.41, 5.74) is 4.04. The molecule has 0 aliphatic carbocycles. The lowest BCUT2D eigenvalue weighted by Crippen LogP contribution is -2.18. The average Bonchev–Trinajstić information content (AvgIpc) is 2.75. The zero-order valence-electron chi connectivity index (χ0n) is 19.1. The molecule has 0 saturated heterocycles. The van der Waals surface area contributed by atoms with Crippen molar-refractivity contribution in [1.29, 1.82) is 0 Å². The van der Waals surface area contributed by atoms with E-state index in [2.05, 4.69) is 38.0 Å². The Labute approximate surface area is 180 Å². The van der Waals surface area contributed by atoms with Gasteiger partial charge in [0.25, 0.3) is 0 Å². The second kappa shape index (κ2) is 12.1. The Hall–Kier alpha value is -2.70. The van der Waals surface area contributed by atoms with E-state index in [1.165, 1.54) is 0 Å². The molecule has 0 unspecified atom stereocenters. The Balaban J connectivity index is 2.38. The molecule has 0 aliphatic heterocycles. The van der Waals surface area contributed by atoms with Gasteiger partial charge in [-0.15, -0.1) is 0 Å². The minimum Gasteiger partial charge on any atom is -0.497 e. The van der Waals surface area contributed by atoms with Gasteiger partial charge in [0, 0.05) is 25.9 Å². The molecule has 2 rings (SSSR count). The highest BCUT2D eigenvalue weighted by atomic mass is 16.5. The predicted octanol–water partition coefficient (Wildman–Crippen LogP) is 3.80. The fraction of sp³-hybridized carbons (Fsp3) is 0.417. The first-order valence-electron chi connectivity index (χ1n) is 10.1. The van der Waals surface area contributed by atoms with Gasteiger partial charge in [-0.05, 0) is 87.8 Å². The molecule has 0 bridgehead atoms. The third-order valence-electron chi connectivity index (χ3n) is 4.73. The van der Waals surface area contributed by atoms with E-state index < -0.39 is 0 Å². The summed E-state index contributed by atoms with van der Waals surface area (Å²) in [7, 11) is 11.6. The topological polar surface area (TPSA) is 49.7 Å². The quantitative estimate of drug-likeness (QED) is 0.418. The SMILES string of the molecule is COc1ccc(/C(CCN(C)C)=N\N=C(/CCN(C)C)c2ccc(OC)cc2)cc1. The lowest BCUT2D eigenvalue weighted by atomic mass is 10.1. The molecule has 6 heteroatoms. The molecule has 6 nitrogen and oxygen atoms in total. The van der Waals surface area contributed by atoms with Crippen molar-refractivity contribution >= 4 is 11.4 Å². The number of nitrogens with zero attached hydrogens (tertiary/aromatic N) is 4. The van der Waals surface area contributed by atoms with Gasteiger partial charge in [-0.3, -0.25) is 0 Å². The van der Waals surface area contributed by atoms with Crippen molar-refractivity contribution in [2.24, 2.45) is 10.2 Å². The first kappa shape index (κ1) is 23.6. The van der Waals surface area contributed by atoms with Gasteiger partial charge in [0.05, 0.1) is 25.6 Å². The molecule has 0 N–H and O–H groups in total. The van der Waals surface area contributed by atoms with Crippen LogP contribution in [0.5, 0.6) is 11.5 Å². The largest absolute Gasteiger partial charge is 0.497 e. The van der Waals surface area contributed by atoms with E-state index in [-0.39, 0.29) is 0 Å². The average molecular weight is 411 g/mol. The molecule has 162 valence electrons. The van der Waals surface area contributed by atoms with E-state index in [1.54, 1.807) is 14.2 Å². The highest BCUT2D eigenvalue weighted by Gasteiger charge is 2.09. The molecule has 0 heterocycles. The van der Waals surface area contributed by atoms with Crippen molar-refractivity contribution in [3.05, 3.63) is 59.7 Å². The summed E-state index contributed by atoms with van der Waals surface area (Å²) in [6.45, 7) is 1.80. The Morgan fingerprint density at radius 2 is 0.967 bits per heavy atom. The van der Waals surface area contributed by atoms with Crippen LogP contribution in [0.1, 0.15) is 24.0 Å². The van der Waals surface area contributed by atoms with E-state index in [9.17, 15) is 0 Å². The summed E-state index contributed by atoms with van der Waals surface area (Å²) in [4.78, 5) is 4.30. The molecular formula is C24H34N4O2. The van der Waals surface area contributed by atoms with Crippen LogP contribution < -0.4 is 9.47 Å². The molecule has 0 radical (unpaired) electrons. The summed E-state index contributed by atoms with van der Waals surface area (Å²) in [5, 5.41) is 9.41. The first-order valence-corrected chi connectivity index (χ1v) is 10.1. The normalized spacial score (nSPS) is 12.5. The maximum absolute atomic E-state index is 5.29. The highest BCUT2D eigenvalue weighted by molar-refractivity contribution is 6.03. The van der Waals surface area contributed by atoms with Gasteiger partial charge in [-0.2, -0.15) is 10.2 Å². The standard InChI is InChI=1S/C24H34N4O2/c1-27(2)17-15-23(19-7-11-21(29-5)12-8-19)25-26-24(16-18-28(3)4)20-9-13-22(30-6)14-10-20/h7-14H,15-18H2,1-6H3/b25-23-,26-24+. The van der Waals surface area contributed by atoms with Crippen molar-refractivity contribution in [3.8, 4) is 11.5 Å². The minimum atomic E-state index is 0.812. The van der Waals surface area contributed by atoms with Crippen LogP contribution in [-0.4, -0.2) is 76.7 Å². The van der Waals surface area contributed by atoms with Crippen molar-refractivity contribution < 1.29 is 9.47 Å². The second-order valence-corrected chi connectivity index (χ2v) is 7.66. The van der Waals surface area contributed by atoms with Crippen LogP contribution >= 0.6 is 0 Å². The van der Waals surface area contributed by atoms with Crippen molar-refractivity contribution in [2.45, 2.75) is 12.8 Å². The van der Waals surface area contributed by atoms with Crippen molar-refractivity contribution in [3.63, 3.8) is 0 Å². The van der Waals surface area contributed by atoms with E-state index >= 15 is 0 Å². The number of hydrogen-bond acceptors (Lipinski definition) is 6. The molecule has 0 aromatic heterocycles. The van der Waals surface area contributed by atoms with Gasteiger partial charge in [0.15, 0.2) is 0 Å². The smallest absolute Gasteiger partial charge is 0.118 e. The predicted molar refractivity (Wildman–Crippen MR) is 125 cm³/mol. The lowest BCUT2D eigenvalue weighted by Gasteiger charge is -2.13. The molecule has 2 aromatic rings. The number of rotatable bonds is 11. The summed E-state index contributed by atoms with van der Waals surface area (Å²) < 4.78 is 10.6. The van der Waals surface area contributed by atoms with Gasteiger partial charge >= 0.3 is 0 Å². The van der Waals surface area contributed by atoms with Crippen LogP contribution in [-0.2, 0) is 0 Å². The molecular weight excluding hydrogens is 376 g/mol. The second-order valence-electron chi connectivity index (χ2n) is 7.66. The molecule has 0 atom stereocenters. The third-order valence-corrected chi connectivity index (χ3v) is 4.73.